The molecule has 0 aliphatic heterocycles. The molecule has 0 spiro atoms. The number of nitrogens with two attached hydrogens (primary N) is 1. The van der Waals surface area contributed by atoms with Crippen LogP contribution in [0.5, 0.6) is 0 Å². The number of benzene rings is 1. The van der Waals surface area contributed by atoms with Gasteiger partial charge in [-0.1, -0.05) is 17.7 Å². The highest BCUT2D eigenvalue weighted by Gasteiger charge is 2.06. The highest BCUT2D eigenvalue weighted by atomic mass is 35.5. The lowest BCUT2D eigenvalue weighted by molar-refractivity contribution is 0.576. The van der Waals surface area contributed by atoms with Crippen molar-refractivity contribution in [3.63, 3.8) is 0 Å². The lowest BCUT2D eigenvalue weighted by Gasteiger charge is -2.08. The Balaban J connectivity index is 2.16. The summed E-state index contributed by atoms with van der Waals surface area (Å²) in [6.07, 6.45) is 2.37. The molecule has 1 aromatic heterocycles. The van der Waals surface area contributed by atoms with Gasteiger partial charge in [-0.25, -0.2) is 4.98 Å². The first-order valence-corrected chi connectivity index (χ1v) is 6.17. The minimum atomic E-state index is -0.484. The third-order valence-electron chi connectivity index (χ3n) is 2.83. The predicted octanol–water partition coefficient (Wildman–Crippen LogP) is 3.24. The summed E-state index contributed by atoms with van der Waals surface area (Å²) in [5.74, 6) is -0.484. The molecule has 98 valence electrons. The van der Waals surface area contributed by atoms with Crippen molar-refractivity contribution in [3.8, 4) is 0 Å². The first-order valence-electron chi connectivity index (χ1n) is 5.80. The summed E-state index contributed by atoms with van der Waals surface area (Å²) in [4.78, 5) is 3.80. The zero-order valence-electron chi connectivity index (χ0n) is 10.2. The number of hydrogen-bond acceptors (Lipinski definition) is 3. The average Bonchev–Trinajstić information content (AvgIpc) is 2.39. The first-order chi connectivity index (χ1) is 9.10. The molecule has 2 rings (SSSR count). The lowest BCUT2D eigenvalue weighted by atomic mass is 10.0. The number of nitrogens with one attached hydrogen (secondary N) is 1. The van der Waals surface area contributed by atoms with Gasteiger partial charge >= 0.3 is 0 Å². The van der Waals surface area contributed by atoms with Crippen molar-refractivity contribution < 1.29 is 4.39 Å². The fourth-order valence-corrected chi connectivity index (χ4v) is 2.09. The Morgan fingerprint density at radius 2 is 2.11 bits per heavy atom. The van der Waals surface area contributed by atoms with Crippen LogP contribution in [0.15, 0.2) is 30.3 Å². The van der Waals surface area contributed by atoms with Crippen LogP contribution in [-0.4, -0.2) is 11.2 Å². The van der Waals surface area contributed by atoms with E-state index >= 15 is 0 Å². The third kappa shape index (κ3) is 3.29. The maximum atomic E-state index is 13.0. The van der Waals surface area contributed by atoms with Gasteiger partial charge in [-0.2, -0.15) is 4.39 Å². The van der Waals surface area contributed by atoms with Crippen molar-refractivity contribution in [1.29, 1.82) is 5.41 Å². The van der Waals surface area contributed by atoms with Gasteiger partial charge in [0.2, 0.25) is 5.95 Å². The van der Waals surface area contributed by atoms with Crippen molar-refractivity contribution in [3.05, 3.63) is 58.1 Å². The van der Waals surface area contributed by atoms with Crippen LogP contribution >= 0.6 is 11.6 Å². The maximum Gasteiger partial charge on any atom is 0.213 e. The number of anilines is 1. The molecule has 0 fully saturated rings. The monoisotopic (exact) mass is 277 g/mol. The van der Waals surface area contributed by atoms with E-state index in [4.69, 9.17) is 22.7 Å². The minimum Gasteiger partial charge on any atom is -0.398 e. The van der Waals surface area contributed by atoms with Crippen molar-refractivity contribution >= 4 is 23.5 Å². The number of nitrogen functional groups attached to an aromatic ring is 1. The smallest absolute Gasteiger partial charge is 0.213 e. The van der Waals surface area contributed by atoms with E-state index in [2.05, 4.69) is 4.98 Å². The van der Waals surface area contributed by atoms with Gasteiger partial charge in [0.1, 0.15) is 0 Å². The van der Waals surface area contributed by atoms with E-state index in [9.17, 15) is 4.39 Å². The van der Waals surface area contributed by atoms with Crippen LogP contribution in [0.1, 0.15) is 16.8 Å². The summed E-state index contributed by atoms with van der Waals surface area (Å²) in [5, 5.41) is 7.76. The molecule has 3 N–H and O–H groups in total. The second-order valence-electron chi connectivity index (χ2n) is 4.17. The van der Waals surface area contributed by atoms with E-state index in [0.717, 1.165) is 5.56 Å². The van der Waals surface area contributed by atoms with Crippen LogP contribution in [0.25, 0.3) is 0 Å². The molecule has 2 aromatic rings. The van der Waals surface area contributed by atoms with E-state index in [-0.39, 0.29) is 0 Å². The maximum absolute atomic E-state index is 13.0. The zero-order chi connectivity index (χ0) is 13.8. The fourth-order valence-electron chi connectivity index (χ4n) is 1.82. The van der Waals surface area contributed by atoms with Gasteiger partial charge in [-0.3, -0.25) is 0 Å². The summed E-state index contributed by atoms with van der Waals surface area (Å²) in [5.41, 5.74) is 8.46. The van der Waals surface area contributed by atoms with Crippen molar-refractivity contribution in [1.82, 2.24) is 4.98 Å². The molecule has 0 aliphatic rings. The van der Waals surface area contributed by atoms with Gasteiger partial charge in [0, 0.05) is 28.2 Å². The molecule has 0 atom stereocenters. The second-order valence-corrected chi connectivity index (χ2v) is 4.58. The number of hydrogen-bond donors (Lipinski definition) is 2. The standard InChI is InChI=1S/C14H13ClFN3/c15-12-6-10(8-17)13(18)7-9(12)4-5-11-2-1-3-14(16)19-11/h1-3,6-8,17H,4-5,18H2. The van der Waals surface area contributed by atoms with E-state index < -0.39 is 5.95 Å². The average molecular weight is 278 g/mol. The van der Waals surface area contributed by atoms with Gasteiger partial charge in [-0.05, 0) is 42.7 Å². The van der Waals surface area contributed by atoms with E-state index in [1.54, 1.807) is 24.3 Å². The molecule has 0 saturated carbocycles. The quantitative estimate of drug-likeness (QED) is 0.512. The molecule has 1 aromatic carbocycles. The summed E-state index contributed by atoms with van der Waals surface area (Å²) < 4.78 is 13.0. The van der Waals surface area contributed by atoms with Gasteiger partial charge in [0.15, 0.2) is 0 Å². The summed E-state index contributed by atoms with van der Waals surface area (Å²) >= 11 is 6.12. The van der Waals surface area contributed by atoms with Crippen LogP contribution in [0.3, 0.4) is 0 Å². The SMILES string of the molecule is N=Cc1cc(Cl)c(CCc2cccc(F)n2)cc1N. The number of aromatic nitrogens is 1. The summed E-state index contributed by atoms with van der Waals surface area (Å²) in [7, 11) is 0. The van der Waals surface area contributed by atoms with Gasteiger partial charge in [0.25, 0.3) is 0 Å². The van der Waals surface area contributed by atoms with E-state index in [1.165, 1.54) is 12.3 Å². The molecular weight excluding hydrogens is 265 g/mol. The Labute approximate surface area is 115 Å². The predicted molar refractivity (Wildman–Crippen MR) is 75.4 cm³/mol. The summed E-state index contributed by atoms with van der Waals surface area (Å²) in [6.45, 7) is 0. The normalized spacial score (nSPS) is 10.4. The van der Waals surface area contributed by atoms with Crippen molar-refractivity contribution in [2.24, 2.45) is 0 Å². The third-order valence-corrected chi connectivity index (χ3v) is 3.18. The van der Waals surface area contributed by atoms with E-state index in [0.29, 0.717) is 34.8 Å². The fraction of sp³-hybridized carbons (Fsp3) is 0.143. The van der Waals surface area contributed by atoms with Crippen LogP contribution in [0.4, 0.5) is 10.1 Å². The Morgan fingerprint density at radius 1 is 1.32 bits per heavy atom. The number of halogens is 2. The zero-order valence-corrected chi connectivity index (χ0v) is 10.9. The highest BCUT2D eigenvalue weighted by molar-refractivity contribution is 6.31. The number of aryl methyl sites for hydroxylation is 2. The van der Waals surface area contributed by atoms with Crippen molar-refractivity contribution in [2.75, 3.05) is 5.73 Å². The molecule has 0 saturated heterocycles. The number of rotatable bonds is 4. The minimum absolute atomic E-state index is 0.484. The topological polar surface area (TPSA) is 62.8 Å². The molecule has 1 heterocycles. The Bertz CT molecular complexity index is 614. The molecular formula is C14H13ClFN3. The van der Waals surface area contributed by atoms with E-state index in [1.807, 2.05) is 0 Å². The molecule has 5 heteroatoms. The van der Waals surface area contributed by atoms with Crippen LogP contribution in [0, 0.1) is 11.4 Å². The van der Waals surface area contributed by atoms with Crippen LogP contribution < -0.4 is 5.73 Å². The second kappa shape index (κ2) is 5.80. The molecule has 0 bridgehead atoms. The lowest BCUT2D eigenvalue weighted by Crippen LogP contribution is -2.00. The van der Waals surface area contributed by atoms with Gasteiger partial charge in [0.05, 0.1) is 0 Å². The van der Waals surface area contributed by atoms with Crippen LogP contribution in [-0.2, 0) is 12.8 Å². The van der Waals surface area contributed by atoms with Crippen molar-refractivity contribution in [2.45, 2.75) is 12.8 Å². The number of nitrogens with zero attached hydrogens (tertiary/aromatic N) is 1. The highest BCUT2D eigenvalue weighted by Crippen LogP contribution is 2.23. The summed E-state index contributed by atoms with van der Waals surface area (Å²) in [6, 6.07) is 8.13. The molecule has 3 nitrogen and oxygen atoms in total. The van der Waals surface area contributed by atoms with Gasteiger partial charge < -0.3 is 11.1 Å². The first kappa shape index (κ1) is 13.5. The Morgan fingerprint density at radius 3 is 2.79 bits per heavy atom. The molecule has 0 radical (unpaired) electrons. The number of pyridine rings is 1. The molecule has 0 aliphatic carbocycles. The molecule has 19 heavy (non-hydrogen) atoms. The largest absolute Gasteiger partial charge is 0.398 e. The molecule has 0 unspecified atom stereocenters. The molecule has 0 amide bonds. The Hall–Kier alpha value is -1.94. The van der Waals surface area contributed by atoms with Crippen LogP contribution in [0.2, 0.25) is 5.02 Å². The Kier molecular flexibility index (Phi) is 4.12. The van der Waals surface area contributed by atoms with Gasteiger partial charge in [-0.15, -0.1) is 0 Å².